The molecule has 0 fully saturated rings. The number of para-hydroxylation sites is 1. The third-order valence-electron chi connectivity index (χ3n) is 4.90. The van der Waals surface area contributed by atoms with Crippen molar-refractivity contribution in [3.63, 3.8) is 0 Å². The first-order chi connectivity index (χ1) is 15.0. The fourth-order valence-corrected chi connectivity index (χ4v) is 4.01. The van der Waals surface area contributed by atoms with E-state index >= 15 is 0 Å². The van der Waals surface area contributed by atoms with Gasteiger partial charge in [0.05, 0.1) is 23.3 Å². The van der Waals surface area contributed by atoms with Crippen molar-refractivity contribution < 1.29 is 9.47 Å². The van der Waals surface area contributed by atoms with E-state index < -0.39 is 0 Å². The topological polar surface area (TPSA) is 94.9 Å². The maximum absolute atomic E-state index is 12.4. The summed E-state index contributed by atoms with van der Waals surface area (Å²) in [6.45, 7) is 4.22. The van der Waals surface area contributed by atoms with E-state index in [0.717, 1.165) is 5.56 Å². The second-order valence-electron chi connectivity index (χ2n) is 7.13. The molecule has 2 aromatic heterocycles. The molecular formula is C22H23N5O3S. The molecule has 160 valence electrons. The molecule has 0 bridgehead atoms. The molecule has 1 N–H and O–H groups in total. The lowest BCUT2D eigenvalue weighted by Gasteiger charge is -2.12. The Bertz CT molecular complexity index is 1280. The monoisotopic (exact) mass is 437 g/mol. The normalized spacial score (nSPS) is 12.1. The Balaban J connectivity index is 1.49. The number of ether oxygens (including phenoxy) is 2. The van der Waals surface area contributed by atoms with Gasteiger partial charge in [-0.2, -0.15) is 0 Å². The van der Waals surface area contributed by atoms with Gasteiger partial charge in [-0.25, -0.2) is 4.98 Å². The van der Waals surface area contributed by atoms with Gasteiger partial charge in [0.2, 0.25) is 0 Å². The predicted molar refractivity (Wildman–Crippen MR) is 120 cm³/mol. The average molecular weight is 438 g/mol. The molecule has 0 aliphatic carbocycles. The molecular weight excluding hydrogens is 414 g/mol. The highest BCUT2D eigenvalue weighted by molar-refractivity contribution is 7.99. The summed E-state index contributed by atoms with van der Waals surface area (Å²) in [6, 6.07) is 13.1. The zero-order chi connectivity index (χ0) is 22.0. The van der Waals surface area contributed by atoms with E-state index in [0.29, 0.717) is 39.2 Å². The Morgan fingerprint density at radius 3 is 2.77 bits per heavy atom. The summed E-state index contributed by atoms with van der Waals surface area (Å²) in [5.74, 6) is 2.60. The second-order valence-corrected chi connectivity index (χ2v) is 8.44. The Hall–Kier alpha value is -3.33. The lowest BCUT2D eigenvalue weighted by molar-refractivity contribution is 0.272. The number of aromatic nitrogens is 5. The first kappa shape index (κ1) is 20.9. The van der Waals surface area contributed by atoms with Crippen LogP contribution in [0.2, 0.25) is 0 Å². The van der Waals surface area contributed by atoms with Crippen molar-refractivity contribution in [1.29, 1.82) is 0 Å². The molecule has 2 heterocycles. The standard InChI is InChI=1S/C22H23N5O3S/c1-13-9-10-17(18(11-13)29-4)30-12-19-25-26-22(27(19)3)31-14(2)20-23-16-8-6-5-7-15(16)21(28)24-20/h5-11,14H,12H2,1-4H3,(H,23,24,28)/t14-/m1/s1. The zero-order valence-corrected chi connectivity index (χ0v) is 18.6. The van der Waals surface area contributed by atoms with Crippen LogP contribution in [0.3, 0.4) is 0 Å². The number of fused-ring (bicyclic) bond motifs is 1. The van der Waals surface area contributed by atoms with Crippen LogP contribution in [0, 0.1) is 6.92 Å². The van der Waals surface area contributed by atoms with Crippen LogP contribution >= 0.6 is 11.8 Å². The molecule has 0 radical (unpaired) electrons. The minimum Gasteiger partial charge on any atom is -0.493 e. The zero-order valence-electron chi connectivity index (χ0n) is 17.7. The van der Waals surface area contributed by atoms with Crippen LogP contribution in [-0.2, 0) is 13.7 Å². The van der Waals surface area contributed by atoms with Crippen molar-refractivity contribution in [2.45, 2.75) is 30.9 Å². The molecule has 1 atom stereocenters. The van der Waals surface area contributed by atoms with Gasteiger partial charge in [0.15, 0.2) is 22.5 Å². The summed E-state index contributed by atoms with van der Waals surface area (Å²) < 4.78 is 13.2. The van der Waals surface area contributed by atoms with E-state index in [9.17, 15) is 4.79 Å². The van der Waals surface area contributed by atoms with Gasteiger partial charge in [0, 0.05) is 7.05 Å². The second kappa shape index (κ2) is 8.81. The molecule has 2 aromatic carbocycles. The first-order valence-electron chi connectivity index (χ1n) is 9.77. The molecule has 0 saturated heterocycles. The van der Waals surface area contributed by atoms with Crippen molar-refractivity contribution in [2.24, 2.45) is 7.05 Å². The number of methoxy groups -OCH3 is 1. The van der Waals surface area contributed by atoms with Crippen LogP contribution in [0.4, 0.5) is 0 Å². The highest BCUT2D eigenvalue weighted by atomic mass is 32.2. The predicted octanol–water partition coefficient (Wildman–Crippen LogP) is 3.80. The van der Waals surface area contributed by atoms with Gasteiger partial charge in [-0.05, 0) is 43.7 Å². The summed E-state index contributed by atoms with van der Waals surface area (Å²) in [5, 5.41) is 9.70. The molecule has 8 nitrogen and oxygen atoms in total. The number of aryl methyl sites for hydroxylation is 1. The number of nitrogens with zero attached hydrogens (tertiary/aromatic N) is 4. The number of thioether (sulfide) groups is 1. The van der Waals surface area contributed by atoms with Gasteiger partial charge < -0.3 is 19.0 Å². The van der Waals surface area contributed by atoms with Gasteiger partial charge in [0.25, 0.3) is 5.56 Å². The maximum Gasteiger partial charge on any atom is 0.258 e. The van der Waals surface area contributed by atoms with Gasteiger partial charge in [-0.3, -0.25) is 4.79 Å². The number of rotatable bonds is 7. The molecule has 0 saturated carbocycles. The molecule has 0 unspecified atom stereocenters. The summed E-state index contributed by atoms with van der Waals surface area (Å²) in [5.41, 5.74) is 1.62. The molecule has 31 heavy (non-hydrogen) atoms. The van der Waals surface area contributed by atoms with E-state index in [1.807, 2.05) is 61.9 Å². The minimum atomic E-state index is -0.146. The number of aromatic amines is 1. The minimum absolute atomic E-state index is 0.119. The van der Waals surface area contributed by atoms with E-state index in [4.69, 9.17) is 9.47 Å². The van der Waals surface area contributed by atoms with Gasteiger partial charge in [-0.1, -0.05) is 30.0 Å². The van der Waals surface area contributed by atoms with Gasteiger partial charge in [0.1, 0.15) is 12.4 Å². The largest absolute Gasteiger partial charge is 0.493 e. The third-order valence-corrected chi connectivity index (χ3v) is 6.04. The lowest BCUT2D eigenvalue weighted by atomic mass is 10.2. The van der Waals surface area contributed by atoms with E-state index in [-0.39, 0.29) is 17.4 Å². The molecule has 9 heteroatoms. The lowest BCUT2D eigenvalue weighted by Crippen LogP contribution is -2.13. The summed E-state index contributed by atoms with van der Waals surface area (Å²) in [6.07, 6.45) is 0. The Kier molecular flexibility index (Phi) is 5.94. The van der Waals surface area contributed by atoms with E-state index in [2.05, 4.69) is 20.2 Å². The average Bonchev–Trinajstić information content (AvgIpc) is 3.11. The van der Waals surface area contributed by atoms with E-state index in [1.165, 1.54) is 11.8 Å². The van der Waals surface area contributed by atoms with Crippen molar-refractivity contribution in [3.05, 3.63) is 70.0 Å². The number of benzene rings is 2. The Morgan fingerprint density at radius 2 is 1.97 bits per heavy atom. The van der Waals surface area contributed by atoms with Crippen molar-refractivity contribution in [2.75, 3.05) is 7.11 Å². The molecule has 0 aliphatic rings. The van der Waals surface area contributed by atoms with Crippen molar-refractivity contribution in [1.82, 2.24) is 24.7 Å². The summed E-state index contributed by atoms with van der Waals surface area (Å²) >= 11 is 1.47. The molecule has 0 spiro atoms. The van der Waals surface area contributed by atoms with Crippen LogP contribution in [0.25, 0.3) is 10.9 Å². The number of nitrogens with one attached hydrogen (secondary N) is 1. The maximum atomic E-state index is 12.4. The number of hydrogen-bond donors (Lipinski definition) is 1. The molecule has 0 amide bonds. The van der Waals surface area contributed by atoms with Crippen LogP contribution in [0.5, 0.6) is 11.5 Å². The van der Waals surface area contributed by atoms with Gasteiger partial charge in [-0.15, -0.1) is 10.2 Å². The fraction of sp³-hybridized carbons (Fsp3) is 0.273. The van der Waals surface area contributed by atoms with Crippen LogP contribution in [0.15, 0.2) is 52.4 Å². The summed E-state index contributed by atoms with van der Waals surface area (Å²) in [4.78, 5) is 19.8. The molecule has 4 aromatic rings. The smallest absolute Gasteiger partial charge is 0.258 e. The quantitative estimate of drug-likeness (QED) is 0.439. The SMILES string of the molecule is COc1cc(C)ccc1OCc1nnc(S[C@H](C)c2nc3ccccc3c(=O)[nH]2)n1C. The summed E-state index contributed by atoms with van der Waals surface area (Å²) in [7, 11) is 3.50. The molecule has 4 rings (SSSR count). The fourth-order valence-electron chi connectivity index (χ4n) is 3.12. The number of H-pyrrole nitrogens is 1. The van der Waals surface area contributed by atoms with Crippen molar-refractivity contribution >= 4 is 22.7 Å². The van der Waals surface area contributed by atoms with Crippen LogP contribution in [0.1, 0.15) is 29.4 Å². The van der Waals surface area contributed by atoms with Crippen molar-refractivity contribution in [3.8, 4) is 11.5 Å². The first-order valence-corrected chi connectivity index (χ1v) is 10.7. The number of hydrogen-bond acceptors (Lipinski definition) is 7. The highest BCUT2D eigenvalue weighted by Gasteiger charge is 2.18. The Labute approximate surface area is 183 Å². The van der Waals surface area contributed by atoms with E-state index in [1.54, 1.807) is 13.2 Å². The highest BCUT2D eigenvalue weighted by Crippen LogP contribution is 2.32. The van der Waals surface area contributed by atoms with Crippen LogP contribution < -0.4 is 15.0 Å². The third kappa shape index (κ3) is 4.41. The Morgan fingerprint density at radius 1 is 1.16 bits per heavy atom. The van der Waals surface area contributed by atoms with Gasteiger partial charge >= 0.3 is 0 Å². The van der Waals surface area contributed by atoms with Crippen LogP contribution in [-0.4, -0.2) is 31.8 Å². The molecule has 0 aliphatic heterocycles.